The molecule has 2 amide bonds. The molecule has 0 aromatic rings. The number of rotatable bonds is 5. The number of amides is 2. The van der Waals surface area contributed by atoms with Crippen molar-refractivity contribution in [1.82, 2.24) is 10.2 Å². The van der Waals surface area contributed by atoms with Gasteiger partial charge in [0.05, 0.1) is 13.1 Å². The summed E-state index contributed by atoms with van der Waals surface area (Å²) < 4.78 is 5.25. The molecule has 1 aliphatic heterocycles. The Balaban J connectivity index is 1.68. The standard InChI is InChI=1S/C12H20N2O4/c1-3-8-4-9(8)13-11(17)14-6-12(2,7-14)18-5-10(15)16/h8-9H,3-7H2,1-2H3,(H,13,17)(H,15,16). The Morgan fingerprint density at radius 3 is 2.67 bits per heavy atom. The van der Waals surface area contributed by atoms with Gasteiger partial charge in [-0.05, 0) is 19.3 Å². The van der Waals surface area contributed by atoms with Crippen LogP contribution in [0.25, 0.3) is 0 Å². The number of ether oxygens (including phenoxy) is 1. The van der Waals surface area contributed by atoms with E-state index in [1.54, 1.807) is 4.90 Å². The van der Waals surface area contributed by atoms with Gasteiger partial charge in [0.2, 0.25) is 0 Å². The number of carboxylic acids is 1. The summed E-state index contributed by atoms with van der Waals surface area (Å²) in [5, 5.41) is 11.5. The van der Waals surface area contributed by atoms with Gasteiger partial charge in [0.25, 0.3) is 0 Å². The highest BCUT2D eigenvalue weighted by atomic mass is 16.5. The number of hydrogen-bond donors (Lipinski definition) is 2. The highest BCUT2D eigenvalue weighted by Gasteiger charge is 2.45. The zero-order valence-electron chi connectivity index (χ0n) is 10.8. The van der Waals surface area contributed by atoms with Crippen LogP contribution in [0.4, 0.5) is 4.79 Å². The van der Waals surface area contributed by atoms with E-state index in [-0.39, 0.29) is 12.6 Å². The third-order valence-corrected chi connectivity index (χ3v) is 3.64. The number of carboxylic acid groups (broad SMARTS) is 1. The molecule has 6 heteroatoms. The van der Waals surface area contributed by atoms with Crippen LogP contribution in [0.2, 0.25) is 0 Å². The fraction of sp³-hybridized carbons (Fsp3) is 0.833. The molecule has 1 aliphatic carbocycles. The third-order valence-electron chi connectivity index (χ3n) is 3.64. The molecule has 18 heavy (non-hydrogen) atoms. The molecule has 2 aliphatic rings. The van der Waals surface area contributed by atoms with Gasteiger partial charge in [0, 0.05) is 6.04 Å². The lowest BCUT2D eigenvalue weighted by Crippen LogP contribution is -2.65. The minimum absolute atomic E-state index is 0.0626. The van der Waals surface area contributed by atoms with E-state index >= 15 is 0 Å². The van der Waals surface area contributed by atoms with Crippen molar-refractivity contribution < 1.29 is 19.4 Å². The van der Waals surface area contributed by atoms with Gasteiger partial charge >= 0.3 is 12.0 Å². The second-order valence-corrected chi connectivity index (χ2v) is 5.45. The number of urea groups is 1. The molecule has 0 aromatic carbocycles. The van der Waals surface area contributed by atoms with Crippen LogP contribution < -0.4 is 5.32 Å². The minimum Gasteiger partial charge on any atom is -0.480 e. The molecule has 1 heterocycles. The number of nitrogens with one attached hydrogen (secondary N) is 1. The summed E-state index contributed by atoms with van der Waals surface area (Å²) in [6, 6.07) is 0.265. The normalized spacial score (nSPS) is 28.4. The molecular weight excluding hydrogens is 236 g/mol. The van der Waals surface area contributed by atoms with Crippen LogP contribution in [0.5, 0.6) is 0 Å². The number of hydrogen-bond acceptors (Lipinski definition) is 3. The summed E-state index contributed by atoms with van der Waals surface area (Å²) in [6.07, 6.45) is 2.17. The molecule has 2 fully saturated rings. The maximum absolute atomic E-state index is 11.8. The van der Waals surface area contributed by atoms with E-state index in [2.05, 4.69) is 12.2 Å². The van der Waals surface area contributed by atoms with Crippen molar-refractivity contribution in [3.05, 3.63) is 0 Å². The van der Waals surface area contributed by atoms with Crippen molar-refractivity contribution in [3.63, 3.8) is 0 Å². The molecule has 2 rings (SSSR count). The molecule has 2 unspecified atom stereocenters. The lowest BCUT2D eigenvalue weighted by molar-refractivity contribution is -0.159. The van der Waals surface area contributed by atoms with Gasteiger partial charge in [-0.25, -0.2) is 9.59 Å². The average molecular weight is 256 g/mol. The summed E-state index contributed by atoms with van der Waals surface area (Å²) in [4.78, 5) is 23.9. The highest BCUT2D eigenvalue weighted by Crippen LogP contribution is 2.34. The smallest absolute Gasteiger partial charge is 0.329 e. The maximum Gasteiger partial charge on any atom is 0.329 e. The van der Waals surface area contributed by atoms with Crippen LogP contribution in [0.3, 0.4) is 0 Å². The molecule has 0 aromatic heterocycles. The van der Waals surface area contributed by atoms with Crippen molar-refractivity contribution in [3.8, 4) is 0 Å². The Morgan fingerprint density at radius 1 is 1.50 bits per heavy atom. The first kappa shape index (κ1) is 13.1. The van der Waals surface area contributed by atoms with Crippen molar-refractivity contribution in [2.45, 2.75) is 38.3 Å². The SMILES string of the molecule is CCC1CC1NC(=O)N1CC(C)(OCC(=O)O)C1. The first-order chi connectivity index (χ1) is 8.43. The molecular formula is C12H20N2O4. The van der Waals surface area contributed by atoms with Crippen LogP contribution in [-0.2, 0) is 9.53 Å². The fourth-order valence-electron chi connectivity index (χ4n) is 2.36. The average Bonchev–Trinajstić information content (AvgIpc) is 3.00. The van der Waals surface area contributed by atoms with E-state index in [1.807, 2.05) is 6.92 Å². The molecule has 0 bridgehead atoms. The van der Waals surface area contributed by atoms with Crippen LogP contribution in [0.1, 0.15) is 26.7 Å². The maximum atomic E-state index is 11.8. The Morgan fingerprint density at radius 2 is 2.17 bits per heavy atom. The zero-order chi connectivity index (χ0) is 13.3. The van der Waals surface area contributed by atoms with Gasteiger partial charge in [-0.3, -0.25) is 0 Å². The summed E-state index contributed by atoms with van der Waals surface area (Å²) in [7, 11) is 0. The van der Waals surface area contributed by atoms with Crippen molar-refractivity contribution >= 4 is 12.0 Å². The highest BCUT2D eigenvalue weighted by molar-refractivity contribution is 5.76. The van der Waals surface area contributed by atoms with E-state index in [4.69, 9.17) is 9.84 Å². The lowest BCUT2D eigenvalue weighted by Gasteiger charge is -2.47. The molecule has 1 saturated carbocycles. The predicted octanol–water partition coefficient (Wildman–Crippen LogP) is 0.670. The topological polar surface area (TPSA) is 78.9 Å². The first-order valence-electron chi connectivity index (χ1n) is 6.35. The Bertz CT molecular complexity index is 352. The molecule has 0 radical (unpaired) electrons. The molecule has 1 saturated heterocycles. The summed E-state index contributed by atoms with van der Waals surface area (Å²) >= 11 is 0. The number of carbonyl (C=O) groups is 2. The second kappa shape index (κ2) is 4.76. The number of carbonyl (C=O) groups excluding carboxylic acids is 1. The fourth-order valence-corrected chi connectivity index (χ4v) is 2.36. The van der Waals surface area contributed by atoms with Crippen LogP contribution in [-0.4, -0.2) is 53.3 Å². The molecule has 0 spiro atoms. The first-order valence-corrected chi connectivity index (χ1v) is 6.35. The molecule has 102 valence electrons. The summed E-state index contributed by atoms with van der Waals surface area (Å²) in [6.45, 7) is 4.54. The summed E-state index contributed by atoms with van der Waals surface area (Å²) in [5.74, 6) is -0.354. The minimum atomic E-state index is -0.983. The van der Waals surface area contributed by atoms with E-state index in [0.717, 1.165) is 12.8 Å². The van der Waals surface area contributed by atoms with E-state index < -0.39 is 11.6 Å². The van der Waals surface area contributed by atoms with Crippen LogP contribution >= 0.6 is 0 Å². The van der Waals surface area contributed by atoms with Gasteiger partial charge in [-0.15, -0.1) is 0 Å². The van der Waals surface area contributed by atoms with Gasteiger partial charge in [0.15, 0.2) is 0 Å². The quantitative estimate of drug-likeness (QED) is 0.757. The summed E-state index contributed by atoms with van der Waals surface area (Å²) in [5.41, 5.74) is -0.510. The second-order valence-electron chi connectivity index (χ2n) is 5.45. The van der Waals surface area contributed by atoms with Gasteiger partial charge in [0.1, 0.15) is 12.2 Å². The van der Waals surface area contributed by atoms with E-state index in [9.17, 15) is 9.59 Å². The largest absolute Gasteiger partial charge is 0.480 e. The van der Waals surface area contributed by atoms with Gasteiger partial charge in [-0.2, -0.15) is 0 Å². The van der Waals surface area contributed by atoms with Gasteiger partial charge < -0.3 is 20.1 Å². The molecule has 6 nitrogen and oxygen atoms in total. The Kier molecular flexibility index (Phi) is 3.47. The predicted molar refractivity (Wildman–Crippen MR) is 64.3 cm³/mol. The lowest BCUT2D eigenvalue weighted by atomic mass is 9.97. The van der Waals surface area contributed by atoms with Crippen LogP contribution in [0.15, 0.2) is 0 Å². The van der Waals surface area contributed by atoms with E-state index in [0.29, 0.717) is 25.0 Å². The van der Waals surface area contributed by atoms with Gasteiger partial charge in [-0.1, -0.05) is 13.3 Å². The zero-order valence-corrected chi connectivity index (χ0v) is 10.8. The number of aliphatic carboxylic acids is 1. The Hall–Kier alpha value is -1.30. The number of nitrogens with zero attached hydrogens (tertiary/aromatic N) is 1. The number of likely N-dealkylation sites (tertiary alicyclic amines) is 1. The Labute approximate surface area is 106 Å². The third kappa shape index (κ3) is 2.93. The monoisotopic (exact) mass is 256 g/mol. The van der Waals surface area contributed by atoms with Crippen molar-refractivity contribution in [2.75, 3.05) is 19.7 Å². The molecule has 2 N–H and O–H groups in total. The van der Waals surface area contributed by atoms with Crippen LogP contribution in [0, 0.1) is 5.92 Å². The molecule has 2 atom stereocenters. The van der Waals surface area contributed by atoms with Crippen molar-refractivity contribution in [1.29, 1.82) is 0 Å². The van der Waals surface area contributed by atoms with Crippen molar-refractivity contribution in [2.24, 2.45) is 5.92 Å². The van der Waals surface area contributed by atoms with E-state index in [1.165, 1.54) is 0 Å².